The molecule has 1 aliphatic carbocycles. The predicted octanol–water partition coefficient (Wildman–Crippen LogP) is 2.11. The summed E-state index contributed by atoms with van der Waals surface area (Å²) in [6.07, 6.45) is 6.82. The van der Waals surface area contributed by atoms with Crippen molar-refractivity contribution in [1.82, 2.24) is 24.5 Å². The van der Waals surface area contributed by atoms with Gasteiger partial charge in [-0.25, -0.2) is 4.39 Å². The lowest BCUT2D eigenvalue weighted by atomic mass is 9.91. The van der Waals surface area contributed by atoms with Crippen LogP contribution in [0, 0.1) is 5.82 Å². The van der Waals surface area contributed by atoms with E-state index in [1.54, 1.807) is 28.9 Å². The van der Waals surface area contributed by atoms with Gasteiger partial charge in [0.25, 0.3) is 5.56 Å². The quantitative estimate of drug-likeness (QED) is 0.779. The van der Waals surface area contributed by atoms with E-state index >= 15 is 0 Å². The maximum Gasteiger partial charge on any atom is 0.293 e. The fourth-order valence-electron chi connectivity index (χ4n) is 3.11. The third-order valence-electron chi connectivity index (χ3n) is 4.62. The Labute approximate surface area is 138 Å². The summed E-state index contributed by atoms with van der Waals surface area (Å²) in [5.41, 5.74) is 0.983. The highest BCUT2D eigenvalue weighted by molar-refractivity contribution is 5.33. The normalized spacial score (nSPS) is 15.1. The molecule has 6 nitrogen and oxygen atoms in total. The lowest BCUT2D eigenvalue weighted by molar-refractivity contribution is 0.108. The molecule has 0 amide bonds. The van der Waals surface area contributed by atoms with Gasteiger partial charge in [0.2, 0.25) is 5.65 Å². The van der Waals surface area contributed by atoms with Crippen LogP contribution in [0.2, 0.25) is 0 Å². The van der Waals surface area contributed by atoms with Crippen molar-refractivity contribution in [3.8, 4) is 0 Å². The lowest BCUT2D eigenvalue weighted by Crippen LogP contribution is -2.39. The second-order valence-electron chi connectivity index (χ2n) is 6.22. The molecule has 0 aliphatic heterocycles. The molecule has 1 N–H and O–H groups in total. The van der Waals surface area contributed by atoms with Crippen LogP contribution in [0.1, 0.15) is 30.7 Å². The number of halogens is 1. The predicted molar refractivity (Wildman–Crippen MR) is 86.9 cm³/mol. The smallest absolute Gasteiger partial charge is 0.293 e. The average molecular weight is 327 g/mol. The summed E-state index contributed by atoms with van der Waals surface area (Å²) < 4.78 is 15.2. The molecule has 124 valence electrons. The highest BCUT2D eigenvalue weighted by Gasteiger charge is 2.26. The van der Waals surface area contributed by atoms with Crippen molar-refractivity contribution in [2.75, 3.05) is 0 Å². The van der Waals surface area contributed by atoms with Gasteiger partial charge < -0.3 is 4.98 Å². The molecule has 0 spiro atoms. The Morgan fingerprint density at radius 2 is 2.17 bits per heavy atom. The van der Waals surface area contributed by atoms with Crippen LogP contribution in [-0.2, 0) is 13.1 Å². The van der Waals surface area contributed by atoms with Gasteiger partial charge in [-0.1, -0.05) is 18.6 Å². The van der Waals surface area contributed by atoms with E-state index in [1.165, 1.54) is 12.5 Å². The number of nitrogens with zero attached hydrogens (tertiary/aromatic N) is 4. The minimum atomic E-state index is -0.253. The molecule has 2 heterocycles. The monoisotopic (exact) mass is 327 g/mol. The molecular weight excluding hydrogens is 309 g/mol. The minimum Gasteiger partial charge on any atom is -0.324 e. The van der Waals surface area contributed by atoms with Gasteiger partial charge in [0, 0.05) is 25.0 Å². The van der Waals surface area contributed by atoms with E-state index in [4.69, 9.17) is 0 Å². The zero-order chi connectivity index (χ0) is 16.5. The van der Waals surface area contributed by atoms with Gasteiger partial charge >= 0.3 is 0 Å². The van der Waals surface area contributed by atoms with E-state index in [1.807, 2.05) is 6.07 Å². The molecule has 1 fully saturated rings. The molecule has 24 heavy (non-hydrogen) atoms. The Morgan fingerprint density at radius 1 is 1.29 bits per heavy atom. The standard InChI is InChI=1S/C17H18FN5O/c18-13-4-1-3-12(9-13)10-22(14-5-2-6-14)11-15-20-21-16-17(24)19-7-8-23(15)16/h1,3-4,7-9,14H,2,5-6,10-11H2,(H,19,24). The molecule has 1 aliphatic rings. The molecule has 2 aromatic heterocycles. The molecule has 0 atom stereocenters. The Balaban J connectivity index is 1.62. The third kappa shape index (κ3) is 2.82. The van der Waals surface area contributed by atoms with Crippen LogP contribution >= 0.6 is 0 Å². The second kappa shape index (κ2) is 6.16. The summed E-state index contributed by atoms with van der Waals surface area (Å²) in [5, 5.41) is 8.15. The molecule has 7 heteroatoms. The van der Waals surface area contributed by atoms with Gasteiger partial charge in [-0.2, -0.15) is 0 Å². The molecule has 1 aromatic carbocycles. The van der Waals surface area contributed by atoms with E-state index in [0.29, 0.717) is 24.8 Å². The van der Waals surface area contributed by atoms with Gasteiger partial charge in [0.1, 0.15) is 5.82 Å². The highest BCUT2D eigenvalue weighted by Crippen LogP contribution is 2.27. The summed E-state index contributed by atoms with van der Waals surface area (Å²) in [7, 11) is 0. The summed E-state index contributed by atoms with van der Waals surface area (Å²) in [4.78, 5) is 16.7. The Hall–Kier alpha value is -2.54. The molecule has 0 radical (unpaired) electrons. The first kappa shape index (κ1) is 15.0. The van der Waals surface area contributed by atoms with Crippen molar-refractivity contribution >= 4 is 5.65 Å². The van der Waals surface area contributed by atoms with E-state index < -0.39 is 0 Å². The first-order chi connectivity index (χ1) is 11.7. The molecule has 4 rings (SSSR count). The first-order valence-corrected chi connectivity index (χ1v) is 8.10. The number of nitrogens with one attached hydrogen (secondary N) is 1. The molecule has 0 saturated heterocycles. The van der Waals surface area contributed by atoms with Gasteiger partial charge in [-0.05, 0) is 30.5 Å². The minimum absolute atomic E-state index is 0.222. The van der Waals surface area contributed by atoms with Crippen molar-refractivity contribution < 1.29 is 4.39 Å². The Bertz CT molecular complexity index is 914. The van der Waals surface area contributed by atoms with Crippen LogP contribution < -0.4 is 5.56 Å². The highest BCUT2D eigenvalue weighted by atomic mass is 19.1. The van der Waals surface area contributed by atoms with E-state index in [9.17, 15) is 9.18 Å². The van der Waals surface area contributed by atoms with Gasteiger partial charge in [0.15, 0.2) is 5.82 Å². The van der Waals surface area contributed by atoms with Crippen molar-refractivity contribution in [1.29, 1.82) is 0 Å². The maximum atomic E-state index is 13.5. The summed E-state index contributed by atoms with van der Waals surface area (Å²) in [5.74, 6) is 0.500. The van der Waals surface area contributed by atoms with Crippen LogP contribution in [0.15, 0.2) is 41.5 Å². The van der Waals surface area contributed by atoms with Gasteiger partial charge in [0.05, 0.1) is 6.54 Å². The number of hydrogen-bond donors (Lipinski definition) is 1. The zero-order valence-corrected chi connectivity index (χ0v) is 13.2. The SMILES string of the molecule is O=c1[nH]ccn2c(CN(Cc3cccc(F)c3)C3CCC3)nnc12. The van der Waals surface area contributed by atoms with E-state index in [-0.39, 0.29) is 11.4 Å². The lowest BCUT2D eigenvalue weighted by Gasteiger charge is -2.37. The Morgan fingerprint density at radius 3 is 2.92 bits per heavy atom. The van der Waals surface area contributed by atoms with E-state index in [2.05, 4.69) is 20.1 Å². The molecular formula is C17H18FN5O. The van der Waals surface area contributed by atoms with Crippen molar-refractivity contribution in [3.63, 3.8) is 0 Å². The number of fused-ring (bicyclic) bond motifs is 1. The van der Waals surface area contributed by atoms with Crippen LogP contribution in [0.3, 0.4) is 0 Å². The zero-order valence-electron chi connectivity index (χ0n) is 13.2. The first-order valence-electron chi connectivity index (χ1n) is 8.10. The van der Waals surface area contributed by atoms with Crippen LogP contribution in [0.4, 0.5) is 4.39 Å². The third-order valence-corrected chi connectivity index (χ3v) is 4.62. The largest absolute Gasteiger partial charge is 0.324 e. The van der Waals surface area contributed by atoms with Gasteiger partial charge in [-0.15, -0.1) is 10.2 Å². The fraction of sp³-hybridized carbons (Fsp3) is 0.353. The maximum absolute atomic E-state index is 13.5. The van der Waals surface area contributed by atoms with Crippen molar-refractivity contribution in [2.45, 2.75) is 38.4 Å². The summed E-state index contributed by atoms with van der Waals surface area (Å²) in [6.45, 7) is 1.23. The van der Waals surface area contributed by atoms with Crippen molar-refractivity contribution in [3.05, 3.63) is 64.2 Å². The Kier molecular flexibility index (Phi) is 3.86. The van der Waals surface area contributed by atoms with Gasteiger partial charge in [-0.3, -0.25) is 14.1 Å². The molecule has 1 saturated carbocycles. The topological polar surface area (TPSA) is 66.3 Å². The van der Waals surface area contributed by atoms with E-state index in [0.717, 1.165) is 24.2 Å². The van der Waals surface area contributed by atoms with Crippen LogP contribution in [0.5, 0.6) is 0 Å². The van der Waals surface area contributed by atoms with Crippen molar-refractivity contribution in [2.24, 2.45) is 0 Å². The number of benzene rings is 1. The summed E-state index contributed by atoms with van der Waals surface area (Å²) in [6, 6.07) is 7.15. The molecule has 0 bridgehead atoms. The van der Waals surface area contributed by atoms with Crippen LogP contribution in [-0.4, -0.2) is 30.5 Å². The fourth-order valence-corrected chi connectivity index (χ4v) is 3.11. The number of rotatable bonds is 5. The number of H-pyrrole nitrogens is 1. The summed E-state index contributed by atoms with van der Waals surface area (Å²) >= 11 is 0. The molecule has 3 aromatic rings. The average Bonchev–Trinajstić information content (AvgIpc) is 2.90. The number of hydrogen-bond acceptors (Lipinski definition) is 4. The second-order valence-corrected chi connectivity index (χ2v) is 6.22. The number of aromatic amines is 1. The number of aromatic nitrogens is 4. The van der Waals surface area contributed by atoms with Crippen LogP contribution in [0.25, 0.3) is 5.65 Å². The molecule has 0 unspecified atom stereocenters.